The van der Waals surface area contributed by atoms with E-state index in [1.807, 2.05) is 0 Å². The average molecular weight is 308 g/mol. The fraction of sp³-hybridized carbons (Fsp3) is 0.286. The molecule has 21 heavy (non-hydrogen) atoms. The maximum Gasteiger partial charge on any atom is 0.271 e. The third kappa shape index (κ3) is 3.43. The molecule has 112 valence electrons. The molecule has 0 radical (unpaired) electrons. The quantitative estimate of drug-likeness (QED) is 0.885. The van der Waals surface area contributed by atoms with Crippen LogP contribution in [0.1, 0.15) is 16.1 Å². The van der Waals surface area contributed by atoms with Gasteiger partial charge in [-0.3, -0.25) is 4.79 Å². The second kappa shape index (κ2) is 6.94. The topological polar surface area (TPSA) is 69.7 Å². The molecule has 2 aromatic rings. The number of carbonyl (C=O) groups excluding carboxylic acids is 1. The Morgan fingerprint density at radius 1 is 1.19 bits per heavy atom. The maximum absolute atomic E-state index is 11.9. The Kier molecular flexibility index (Phi) is 4.99. The lowest BCUT2D eigenvalue weighted by Crippen LogP contribution is -2.23. The van der Waals surface area contributed by atoms with Gasteiger partial charge in [-0.2, -0.15) is 0 Å². The fourth-order valence-corrected chi connectivity index (χ4v) is 2.37. The van der Waals surface area contributed by atoms with E-state index in [4.69, 9.17) is 14.2 Å². The van der Waals surface area contributed by atoms with Gasteiger partial charge in [0, 0.05) is 11.9 Å². The Balaban J connectivity index is 2.15. The molecule has 0 spiro atoms. The van der Waals surface area contributed by atoms with Crippen molar-refractivity contribution in [2.75, 3.05) is 21.3 Å². The summed E-state index contributed by atoms with van der Waals surface area (Å²) in [5, 5.41) is 4.49. The van der Waals surface area contributed by atoms with Crippen LogP contribution in [0.2, 0.25) is 0 Å². The van der Waals surface area contributed by atoms with Crippen molar-refractivity contribution in [3.8, 4) is 17.2 Å². The van der Waals surface area contributed by atoms with Crippen LogP contribution in [0.25, 0.3) is 0 Å². The zero-order chi connectivity index (χ0) is 15.2. The highest BCUT2D eigenvalue weighted by molar-refractivity contribution is 7.07. The van der Waals surface area contributed by atoms with E-state index in [9.17, 15) is 4.79 Å². The highest BCUT2D eigenvalue weighted by atomic mass is 32.1. The summed E-state index contributed by atoms with van der Waals surface area (Å²) < 4.78 is 15.8. The van der Waals surface area contributed by atoms with E-state index in [0.717, 1.165) is 5.56 Å². The lowest BCUT2D eigenvalue weighted by molar-refractivity contribution is 0.0946. The van der Waals surface area contributed by atoms with Gasteiger partial charge in [-0.1, -0.05) is 0 Å². The number of benzene rings is 1. The number of methoxy groups -OCH3 is 3. The Morgan fingerprint density at radius 2 is 1.86 bits per heavy atom. The second-order valence-electron chi connectivity index (χ2n) is 4.09. The largest absolute Gasteiger partial charge is 0.493 e. The highest BCUT2D eigenvalue weighted by Gasteiger charge is 2.14. The highest BCUT2D eigenvalue weighted by Crippen LogP contribution is 2.38. The van der Waals surface area contributed by atoms with Crippen molar-refractivity contribution >= 4 is 17.2 Å². The molecule has 0 atom stereocenters. The van der Waals surface area contributed by atoms with Crippen LogP contribution in [0.5, 0.6) is 17.2 Å². The number of ether oxygens (including phenoxy) is 3. The van der Waals surface area contributed by atoms with E-state index in [2.05, 4.69) is 10.3 Å². The average Bonchev–Trinajstić information content (AvgIpc) is 3.05. The van der Waals surface area contributed by atoms with E-state index in [1.54, 1.807) is 44.4 Å². The van der Waals surface area contributed by atoms with Gasteiger partial charge in [0.1, 0.15) is 5.69 Å². The van der Waals surface area contributed by atoms with Gasteiger partial charge in [0.25, 0.3) is 5.91 Å². The number of thiazole rings is 1. The van der Waals surface area contributed by atoms with Crippen LogP contribution in [0.15, 0.2) is 23.0 Å². The van der Waals surface area contributed by atoms with E-state index >= 15 is 0 Å². The van der Waals surface area contributed by atoms with E-state index in [1.165, 1.54) is 11.3 Å². The number of nitrogens with one attached hydrogen (secondary N) is 1. The van der Waals surface area contributed by atoms with Gasteiger partial charge < -0.3 is 19.5 Å². The number of carbonyl (C=O) groups is 1. The second-order valence-corrected chi connectivity index (χ2v) is 4.81. The van der Waals surface area contributed by atoms with Crippen LogP contribution in [-0.2, 0) is 6.54 Å². The Bertz CT molecular complexity index is 588. The normalized spacial score (nSPS) is 10.0. The van der Waals surface area contributed by atoms with Gasteiger partial charge in [-0.05, 0) is 17.7 Å². The Labute approximate surface area is 126 Å². The van der Waals surface area contributed by atoms with Crippen molar-refractivity contribution in [2.24, 2.45) is 0 Å². The molecule has 6 nitrogen and oxygen atoms in total. The molecule has 1 heterocycles. The minimum atomic E-state index is -0.218. The molecule has 0 aliphatic carbocycles. The van der Waals surface area contributed by atoms with Crippen LogP contribution >= 0.6 is 11.3 Å². The van der Waals surface area contributed by atoms with Crippen LogP contribution in [0, 0.1) is 0 Å². The molecule has 0 bridgehead atoms. The molecular weight excluding hydrogens is 292 g/mol. The minimum absolute atomic E-state index is 0.218. The number of hydrogen-bond donors (Lipinski definition) is 1. The van der Waals surface area contributed by atoms with Crippen molar-refractivity contribution in [3.63, 3.8) is 0 Å². The maximum atomic E-state index is 11.9. The monoisotopic (exact) mass is 308 g/mol. The predicted octanol–water partition coefficient (Wildman–Crippen LogP) is 2.10. The summed E-state index contributed by atoms with van der Waals surface area (Å²) >= 11 is 1.38. The molecule has 0 unspecified atom stereocenters. The molecule has 2 rings (SSSR count). The summed E-state index contributed by atoms with van der Waals surface area (Å²) in [5.74, 6) is 1.41. The lowest BCUT2D eigenvalue weighted by Gasteiger charge is -2.14. The first-order valence-corrected chi connectivity index (χ1v) is 7.09. The number of aromatic nitrogens is 1. The summed E-state index contributed by atoms with van der Waals surface area (Å²) in [6.07, 6.45) is 0. The molecule has 1 aromatic heterocycles. The summed E-state index contributed by atoms with van der Waals surface area (Å²) in [4.78, 5) is 15.8. The molecular formula is C14H16N2O4S. The van der Waals surface area contributed by atoms with Crippen molar-refractivity contribution in [3.05, 3.63) is 34.3 Å². The van der Waals surface area contributed by atoms with Gasteiger partial charge in [0.05, 0.1) is 26.8 Å². The first-order valence-electron chi connectivity index (χ1n) is 6.14. The lowest BCUT2D eigenvalue weighted by atomic mass is 10.1. The van der Waals surface area contributed by atoms with Crippen molar-refractivity contribution in [2.45, 2.75) is 6.54 Å². The standard InChI is InChI=1S/C14H16N2O4S/c1-18-11-4-9(5-12(19-2)13(11)20-3)6-15-14(17)10-7-21-8-16-10/h4-5,7-8H,6H2,1-3H3,(H,15,17). The van der Waals surface area contributed by atoms with Crippen LogP contribution in [0.4, 0.5) is 0 Å². The third-order valence-electron chi connectivity index (χ3n) is 2.84. The zero-order valence-corrected chi connectivity index (χ0v) is 12.8. The smallest absolute Gasteiger partial charge is 0.271 e. The summed E-state index contributed by atoms with van der Waals surface area (Å²) in [6, 6.07) is 3.59. The van der Waals surface area contributed by atoms with Crippen molar-refractivity contribution in [1.29, 1.82) is 0 Å². The fourth-order valence-electron chi connectivity index (χ4n) is 1.84. The van der Waals surface area contributed by atoms with Crippen LogP contribution < -0.4 is 19.5 Å². The molecule has 1 aromatic carbocycles. The van der Waals surface area contributed by atoms with Crippen LogP contribution in [0.3, 0.4) is 0 Å². The van der Waals surface area contributed by atoms with Gasteiger partial charge in [0.2, 0.25) is 5.75 Å². The molecule has 1 N–H and O–H groups in total. The molecule has 0 saturated carbocycles. The number of hydrogen-bond acceptors (Lipinski definition) is 6. The summed E-state index contributed by atoms with van der Waals surface area (Å²) in [5.41, 5.74) is 2.87. The zero-order valence-electron chi connectivity index (χ0n) is 12.0. The summed E-state index contributed by atoms with van der Waals surface area (Å²) in [6.45, 7) is 0.340. The van der Waals surface area contributed by atoms with Crippen molar-refractivity contribution in [1.82, 2.24) is 10.3 Å². The number of nitrogens with zero attached hydrogens (tertiary/aromatic N) is 1. The predicted molar refractivity (Wildman–Crippen MR) is 79.4 cm³/mol. The van der Waals surface area contributed by atoms with E-state index in [-0.39, 0.29) is 5.91 Å². The molecule has 0 fully saturated rings. The van der Waals surface area contributed by atoms with E-state index < -0.39 is 0 Å². The van der Waals surface area contributed by atoms with Gasteiger partial charge in [0.15, 0.2) is 11.5 Å². The molecule has 0 aliphatic rings. The number of amides is 1. The molecule has 1 amide bonds. The molecule has 0 aliphatic heterocycles. The van der Waals surface area contributed by atoms with Gasteiger partial charge in [-0.15, -0.1) is 11.3 Å². The first-order chi connectivity index (χ1) is 10.2. The third-order valence-corrected chi connectivity index (χ3v) is 3.43. The van der Waals surface area contributed by atoms with Gasteiger partial charge >= 0.3 is 0 Å². The van der Waals surface area contributed by atoms with Crippen LogP contribution in [-0.4, -0.2) is 32.2 Å². The Morgan fingerprint density at radius 3 is 2.33 bits per heavy atom. The number of rotatable bonds is 6. The SMILES string of the molecule is COc1cc(CNC(=O)c2cscn2)cc(OC)c1OC. The minimum Gasteiger partial charge on any atom is -0.493 e. The summed E-state index contributed by atoms with van der Waals surface area (Å²) in [7, 11) is 4.65. The van der Waals surface area contributed by atoms with Gasteiger partial charge in [-0.25, -0.2) is 4.98 Å². The van der Waals surface area contributed by atoms with Crippen molar-refractivity contribution < 1.29 is 19.0 Å². The Hall–Kier alpha value is -2.28. The molecule has 7 heteroatoms. The first kappa shape index (κ1) is 15.1. The van der Waals surface area contributed by atoms with E-state index in [0.29, 0.717) is 29.5 Å². The molecule has 0 saturated heterocycles.